The Morgan fingerprint density at radius 1 is 1.00 bits per heavy atom. The zero-order valence-electron chi connectivity index (χ0n) is 18.3. The largest absolute Gasteiger partial charge is 1.00 e. The molecule has 1 fully saturated rings. The molecule has 0 saturated carbocycles. The zero-order chi connectivity index (χ0) is 21.3. The maximum atomic E-state index is 10.5. The Morgan fingerprint density at radius 2 is 1.71 bits per heavy atom. The Labute approximate surface area is 191 Å². The number of benzene rings is 2. The first-order valence-electron chi connectivity index (χ1n) is 10.3. The van der Waals surface area contributed by atoms with E-state index in [4.69, 9.17) is 14.2 Å². The number of halogens is 1. The highest BCUT2D eigenvalue weighted by Crippen LogP contribution is 2.29. The summed E-state index contributed by atoms with van der Waals surface area (Å²) in [6.07, 6.45) is 2.06. The Kier molecular flexibility index (Phi) is 9.98. The molecule has 7 heteroatoms. The van der Waals surface area contributed by atoms with E-state index in [1.807, 2.05) is 42.5 Å². The fourth-order valence-corrected chi connectivity index (χ4v) is 3.72. The van der Waals surface area contributed by atoms with Gasteiger partial charge in [-0.1, -0.05) is 24.3 Å². The van der Waals surface area contributed by atoms with Crippen LogP contribution in [0.3, 0.4) is 0 Å². The van der Waals surface area contributed by atoms with Crippen LogP contribution < -0.4 is 31.5 Å². The molecule has 1 saturated heterocycles. The third-order valence-corrected chi connectivity index (χ3v) is 5.31. The van der Waals surface area contributed by atoms with Gasteiger partial charge in [-0.15, -0.1) is 6.58 Å². The summed E-state index contributed by atoms with van der Waals surface area (Å²) in [5.41, 5.74) is 2.23. The van der Waals surface area contributed by atoms with E-state index in [0.29, 0.717) is 18.0 Å². The van der Waals surface area contributed by atoms with E-state index in [0.717, 1.165) is 49.6 Å². The molecule has 0 spiro atoms. The maximum Gasteiger partial charge on any atom is 0.161 e. The molecule has 2 aromatic carbocycles. The van der Waals surface area contributed by atoms with Crippen LogP contribution in [0.5, 0.6) is 17.2 Å². The molecule has 0 bridgehead atoms. The highest BCUT2D eigenvalue weighted by Gasteiger charge is 2.21. The topological polar surface area (TPSA) is 54.4 Å². The number of methoxy groups -OCH3 is 2. The van der Waals surface area contributed by atoms with Gasteiger partial charge in [0.15, 0.2) is 11.5 Å². The number of aliphatic hydroxyl groups excluding tert-OH is 1. The number of rotatable bonds is 10. The normalized spacial score (nSPS) is 15.0. The first kappa shape index (κ1) is 24.9. The molecule has 1 atom stereocenters. The summed E-state index contributed by atoms with van der Waals surface area (Å²) < 4.78 is 16.7. The van der Waals surface area contributed by atoms with Crippen LogP contribution in [0.4, 0.5) is 5.69 Å². The van der Waals surface area contributed by atoms with Gasteiger partial charge in [0, 0.05) is 32.7 Å². The molecule has 0 radical (unpaired) electrons. The molecule has 1 N–H and O–H groups in total. The van der Waals surface area contributed by atoms with Gasteiger partial charge in [0.05, 0.1) is 19.9 Å². The predicted molar refractivity (Wildman–Crippen MR) is 120 cm³/mol. The molecule has 1 heterocycles. The van der Waals surface area contributed by atoms with Crippen LogP contribution in [0.25, 0.3) is 0 Å². The smallest absolute Gasteiger partial charge is 0.161 e. The van der Waals surface area contributed by atoms with Gasteiger partial charge in [0.1, 0.15) is 18.5 Å². The van der Waals surface area contributed by atoms with E-state index >= 15 is 0 Å². The Bertz CT molecular complexity index is 825. The van der Waals surface area contributed by atoms with E-state index in [-0.39, 0.29) is 19.0 Å². The summed E-state index contributed by atoms with van der Waals surface area (Å²) >= 11 is 0. The lowest BCUT2D eigenvalue weighted by molar-refractivity contribution is -0.00000902. The number of aliphatic hydroxyl groups is 1. The average Bonchev–Trinajstić information content (AvgIpc) is 2.78. The van der Waals surface area contributed by atoms with Crippen molar-refractivity contribution in [2.24, 2.45) is 0 Å². The number of β-amino-alcohol motifs (C(OH)–C–C–N with tert-alkyl or cyclic N) is 1. The number of piperazine rings is 1. The summed E-state index contributed by atoms with van der Waals surface area (Å²) in [6.45, 7) is 8.12. The van der Waals surface area contributed by atoms with Crippen molar-refractivity contribution < 1.29 is 31.7 Å². The van der Waals surface area contributed by atoms with Gasteiger partial charge >= 0.3 is 0 Å². The summed E-state index contributed by atoms with van der Waals surface area (Å²) in [7, 11) is 3.32. The van der Waals surface area contributed by atoms with E-state index in [9.17, 15) is 5.11 Å². The fourth-order valence-electron chi connectivity index (χ4n) is 3.72. The standard InChI is InChI=1S/C24H32N2O4.ClH/c1-4-7-19-10-11-23(24(16-19)29-3)30-18-20(27)17-25-12-14-26(15-13-25)21-8-5-6-9-22(21)28-2;/h4-6,8-11,16,20,27H,1,7,12-15,17-18H2,2-3H3;1H/p-1. The molecule has 0 aromatic heterocycles. The lowest BCUT2D eigenvalue weighted by Gasteiger charge is -2.37. The molecule has 1 aliphatic rings. The van der Waals surface area contributed by atoms with Crippen LogP contribution in [0.1, 0.15) is 5.56 Å². The Balaban J connectivity index is 0.00000341. The third kappa shape index (κ3) is 6.79. The Hall–Kier alpha value is -2.41. The van der Waals surface area contributed by atoms with Gasteiger partial charge in [0.2, 0.25) is 0 Å². The van der Waals surface area contributed by atoms with Crippen LogP contribution in [-0.2, 0) is 6.42 Å². The molecule has 1 unspecified atom stereocenters. The van der Waals surface area contributed by atoms with E-state index in [2.05, 4.69) is 22.4 Å². The second-order valence-corrected chi connectivity index (χ2v) is 7.40. The number of allylic oxidation sites excluding steroid dienone is 1. The monoisotopic (exact) mass is 447 g/mol. The number of anilines is 1. The van der Waals surface area contributed by atoms with Crippen molar-refractivity contribution in [1.82, 2.24) is 4.90 Å². The zero-order valence-corrected chi connectivity index (χ0v) is 19.1. The van der Waals surface area contributed by atoms with Gasteiger partial charge in [-0.2, -0.15) is 0 Å². The maximum absolute atomic E-state index is 10.5. The number of nitrogens with zero attached hydrogens (tertiary/aromatic N) is 2. The van der Waals surface area contributed by atoms with E-state index < -0.39 is 6.10 Å². The van der Waals surface area contributed by atoms with Gasteiger partial charge in [-0.05, 0) is 36.2 Å². The van der Waals surface area contributed by atoms with Gasteiger partial charge in [-0.3, -0.25) is 4.90 Å². The third-order valence-electron chi connectivity index (χ3n) is 5.31. The van der Waals surface area contributed by atoms with E-state index in [1.54, 1.807) is 14.2 Å². The highest BCUT2D eigenvalue weighted by atomic mass is 35.5. The number of ether oxygens (including phenoxy) is 3. The minimum atomic E-state index is -0.569. The minimum absolute atomic E-state index is 0. The molecule has 6 nitrogen and oxygen atoms in total. The van der Waals surface area contributed by atoms with Crippen molar-refractivity contribution >= 4 is 5.69 Å². The van der Waals surface area contributed by atoms with Crippen molar-refractivity contribution in [2.45, 2.75) is 12.5 Å². The number of para-hydroxylation sites is 2. The summed E-state index contributed by atoms with van der Waals surface area (Å²) in [6, 6.07) is 13.9. The highest BCUT2D eigenvalue weighted by molar-refractivity contribution is 5.58. The SMILES string of the molecule is C=CCc1ccc(OCC(O)CN2CCN(c3ccccc3OC)CC2)c(OC)c1.[Cl-]. The van der Waals surface area contributed by atoms with Crippen LogP contribution in [-0.4, -0.2) is 69.7 Å². The summed E-state index contributed by atoms with van der Waals surface area (Å²) in [5, 5.41) is 10.5. The quantitative estimate of drug-likeness (QED) is 0.517. The molecule has 0 amide bonds. The molecule has 3 rings (SSSR count). The van der Waals surface area contributed by atoms with Crippen LogP contribution in [0, 0.1) is 0 Å². The van der Waals surface area contributed by atoms with Crippen molar-refractivity contribution in [2.75, 3.05) is 58.5 Å². The van der Waals surface area contributed by atoms with Crippen LogP contribution in [0.15, 0.2) is 55.1 Å². The Morgan fingerprint density at radius 3 is 2.39 bits per heavy atom. The average molecular weight is 448 g/mol. The molecule has 170 valence electrons. The molecular weight excluding hydrogens is 416 g/mol. The molecule has 2 aromatic rings. The summed E-state index contributed by atoms with van der Waals surface area (Å²) in [4.78, 5) is 4.60. The summed E-state index contributed by atoms with van der Waals surface area (Å²) in [5.74, 6) is 2.21. The minimum Gasteiger partial charge on any atom is -1.00 e. The molecule has 31 heavy (non-hydrogen) atoms. The second kappa shape index (κ2) is 12.4. The van der Waals surface area contributed by atoms with Crippen molar-refractivity contribution in [3.05, 3.63) is 60.7 Å². The fraction of sp³-hybridized carbons (Fsp3) is 0.417. The molecule has 1 aliphatic heterocycles. The van der Waals surface area contributed by atoms with Crippen LogP contribution >= 0.6 is 0 Å². The number of hydrogen-bond acceptors (Lipinski definition) is 6. The first-order valence-corrected chi connectivity index (χ1v) is 10.3. The second-order valence-electron chi connectivity index (χ2n) is 7.40. The lowest BCUT2D eigenvalue weighted by Crippen LogP contribution is -3.00. The van der Waals surface area contributed by atoms with Crippen molar-refractivity contribution in [1.29, 1.82) is 0 Å². The van der Waals surface area contributed by atoms with Crippen LogP contribution in [0.2, 0.25) is 0 Å². The van der Waals surface area contributed by atoms with E-state index in [1.165, 1.54) is 0 Å². The first-order chi connectivity index (χ1) is 14.6. The van der Waals surface area contributed by atoms with Gasteiger partial charge in [0.25, 0.3) is 0 Å². The van der Waals surface area contributed by atoms with Crippen molar-refractivity contribution in [3.63, 3.8) is 0 Å². The molecular formula is C24H32ClN2O4-. The number of hydrogen-bond donors (Lipinski definition) is 1. The van der Waals surface area contributed by atoms with Crippen molar-refractivity contribution in [3.8, 4) is 17.2 Å². The van der Waals surface area contributed by atoms with Gasteiger partial charge < -0.3 is 36.6 Å². The predicted octanol–water partition coefficient (Wildman–Crippen LogP) is -0.00180. The molecule has 0 aliphatic carbocycles. The lowest BCUT2D eigenvalue weighted by atomic mass is 10.1. The van der Waals surface area contributed by atoms with Gasteiger partial charge in [-0.25, -0.2) is 0 Å².